The van der Waals surface area contributed by atoms with Crippen molar-refractivity contribution < 1.29 is 13.7 Å². The minimum absolute atomic E-state index is 0.156. The molecule has 4 aromatic rings. The Morgan fingerprint density at radius 3 is 2.04 bits per heavy atom. The molecule has 0 unspecified atom stereocenters. The van der Waals surface area contributed by atoms with Crippen LogP contribution in [0.15, 0.2) is 82.6 Å². The summed E-state index contributed by atoms with van der Waals surface area (Å²) in [5, 5.41) is 3.48. The van der Waals surface area contributed by atoms with E-state index in [-0.39, 0.29) is 6.61 Å². The Labute approximate surface area is 152 Å². The largest absolute Gasteiger partial charge is 0.457 e. The van der Waals surface area contributed by atoms with Crippen molar-refractivity contribution in [3.8, 4) is 0 Å². The summed E-state index contributed by atoms with van der Waals surface area (Å²) in [4.78, 5) is 14.1. The highest BCUT2D eigenvalue weighted by Crippen LogP contribution is 2.34. The maximum atomic E-state index is 13.6. The van der Waals surface area contributed by atoms with E-state index in [9.17, 15) is 9.00 Å². The predicted octanol–water partition coefficient (Wildman–Crippen LogP) is 4.83. The maximum absolute atomic E-state index is 13.6. The summed E-state index contributed by atoms with van der Waals surface area (Å²) in [5.74, 6) is -0.392. The smallest absolute Gasteiger partial charge is 0.339 e. The number of ether oxygens (including phenoxy) is 1. The van der Waals surface area contributed by atoms with Crippen LogP contribution in [0.25, 0.3) is 21.5 Å². The summed E-state index contributed by atoms with van der Waals surface area (Å²) in [5.41, 5.74) is 1.32. The molecule has 0 amide bonds. The van der Waals surface area contributed by atoms with E-state index in [1.54, 1.807) is 6.07 Å². The Morgan fingerprint density at radius 2 is 1.31 bits per heavy atom. The fraction of sp³-hybridized carbons (Fsp3) is 0.0455. The van der Waals surface area contributed by atoms with Crippen LogP contribution in [0.4, 0.5) is 0 Å². The van der Waals surface area contributed by atoms with Crippen LogP contribution in [-0.2, 0) is 22.1 Å². The molecular weight excluding hydrogens is 344 g/mol. The Hall–Kier alpha value is -2.98. The molecule has 1 aliphatic heterocycles. The van der Waals surface area contributed by atoms with Gasteiger partial charge in [0, 0.05) is 10.8 Å². The molecule has 5 rings (SSSR count). The van der Waals surface area contributed by atoms with Crippen LogP contribution in [0.5, 0.6) is 0 Å². The van der Waals surface area contributed by atoms with Crippen molar-refractivity contribution in [2.75, 3.05) is 0 Å². The second-order valence-electron chi connectivity index (χ2n) is 6.28. The fourth-order valence-electron chi connectivity index (χ4n) is 3.63. The van der Waals surface area contributed by atoms with Crippen LogP contribution in [-0.4, -0.2) is 10.2 Å². The molecule has 4 aromatic carbocycles. The number of rotatable bonds is 0. The van der Waals surface area contributed by atoms with Crippen molar-refractivity contribution in [1.82, 2.24) is 0 Å². The first-order valence-electron chi connectivity index (χ1n) is 8.35. The highest BCUT2D eigenvalue weighted by atomic mass is 32.2. The van der Waals surface area contributed by atoms with Gasteiger partial charge in [0.1, 0.15) is 6.61 Å². The van der Waals surface area contributed by atoms with Crippen LogP contribution in [0.1, 0.15) is 15.9 Å². The maximum Gasteiger partial charge on any atom is 0.339 e. The molecule has 0 radical (unpaired) electrons. The van der Waals surface area contributed by atoms with Crippen LogP contribution in [0.3, 0.4) is 0 Å². The van der Waals surface area contributed by atoms with Gasteiger partial charge in [0.05, 0.1) is 26.2 Å². The van der Waals surface area contributed by atoms with Crippen molar-refractivity contribution >= 4 is 38.3 Å². The highest BCUT2D eigenvalue weighted by molar-refractivity contribution is 7.85. The SMILES string of the molecule is O=C1OCc2cccc3cccc(c23)[S@](=O)c2cccc3cccc1c23. The summed E-state index contributed by atoms with van der Waals surface area (Å²) in [7, 11) is -1.41. The zero-order valence-electron chi connectivity index (χ0n) is 13.8. The molecule has 3 nitrogen and oxygen atoms in total. The van der Waals surface area contributed by atoms with Gasteiger partial charge >= 0.3 is 5.97 Å². The Bertz CT molecular complexity index is 1220. The van der Waals surface area contributed by atoms with Gasteiger partial charge in [-0.3, -0.25) is 0 Å². The van der Waals surface area contributed by atoms with Gasteiger partial charge < -0.3 is 4.74 Å². The van der Waals surface area contributed by atoms with Gasteiger partial charge in [0.25, 0.3) is 0 Å². The van der Waals surface area contributed by atoms with E-state index >= 15 is 0 Å². The molecule has 4 heteroatoms. The molecule has 1 atom stereocenters. The topological polar surface area (TPSA) is 43.4 Å². The van der Waals surface area contributed by atoms with E-state index in [0.29, 0.717) is 15.8 Å². The zero-order valence-corrected chi connectivity index (χ0v) is 14.6. The quantitative estimate of drug-likeness (QED) is 0.423. The third-order valence-corrected chi connectivity index (χ3v) is 6.28. The fourth-order valence-corrected chi connectivity index (χ4v) is 5.12. The lowest BCUT2D eigenvalue weighted by Crippen LogP contribution is -2.10. The Kier molecular flexibility index (Phi) is 3.40. The van der Waals surface area contributed by atoms with E-state index in [1.165, 1.54) is 0 Å². The lowest BCUT2D eigenvalue weighted by molar-refractivity contribution is 0.0476. The van der Waals surface area contributed by atoms with Crippen molar-refractivity contribution in [2.45, 2.75) is 16.4 Å². The van der Waals surface area contributed by atoms with Gasteiger partial charge in [-0.1, -0.05) is 54.6 Å². The molecule has 0 saturated heterocycles. The van der Waals surface area contributed by atoms with Crippen molar-refractivity contribution in [3.05, 3.63) is 83.9 Å². The molecule has 1 heterocycles. The lowest BCUT2D eigenvalue weighted by atomic mass is 10.0. The first-order valence-corrected chi connectivity index (χ1v) is 9.50. The summed E-state index contributed by atoms with van der Waals surface area (Å²) in [6.07, 6.45) is 0. The minimum atomic E-state index is -1.41. The standard InChI is InChI=1S/C22H14O3S/c23-22-17-10-2-6-15-8-4-12-19(21(15)17)26(24)18-11-3-7-14-5-1-9-16(13-25-22)20(14)18/h1-12H,13H2/t26-/m0/s1. The lowest BCUT2D eigenvalue weighted by Gasteiger charge is -2.17. The third kappa shape index (κ3) is 2.19. The number of cyclic esters (lactones) is 1. The molecule has 0 aromatic heterocycles. The Balaban J connectivity index is 1.93. The van der Waals surface area contributed by atoms with Crippen molar-refractivity contribution in [1.29, 1.82) is 0 Å². The summed E-state index contributed by atoms with van der Waals surface area (Å²) in [6, 6.07) is 22.8. The average molecular weight is 358 g/mol. The number of carbonyl (C=O) groups excluding carboxylic acids is 1. The molecule has 0 aliphatic carbocycles. The number of benzene rings is 4. The van der Waals surface area contributed by atoms with E-state index < -0.39 is 16.8 Å². The van der Waals surface area contributed by atoms with Gasteiger partial charge in [-0.2, -0.15) is 0 Å². The number of esters is 1. The van der Waals surface area contributed by atoms with Gasteiger partial charge in [-0.15, -0.1) is 0 Å². The number of carbonyl (C=O) groups is 1. The second kappa shape index (κ2) is 5.78. The molecular formula is C22H14O3S. The van der Waals surface area contributed by atoms with Crippen LogP contribution < -0.4 is 0 Å². The third-order valence-electron chi connectivity index (χ3n) is 4.80. The first kappa shape index (κ1) is 15.3. The molecule has 0 spiro atoms. The minimum Gasteiger partial charge on any atom is -0.457 e. The number of hydrogen-bond acceptors (Lipinski definition) is 3. The van der Waals surface area contributed by atoms with Crippen molar-refractivity contribution in [3.63, 3.8) is 0 Å². The monoisotopic (exact) mass is 358 g/mol. The summed E-state index contributed by atoms with van der Waals surface area (Å²) in [6.45, 7) is 0.156. The van der Waals surface area contributed by atoms with Crippen molar-refractivity contribution in [2.24, 2.45) is 0 Å². The first-order chi connectivity index (χ1) is 12.7. The number of hydrogen-bond donors (Lipinski definition) is 0. The second-order valence-corrected chi connectivity index (χ2v) is 7.69. The van der Waals surface area contributed by atoms with Crippen LogP contribution in [0, 0.1) is 0 Å². The molecule has 126 valence electrons. The zero-order chi connectivity index (χ0) is 17.7. The summed E-state index contributed by atoms with van der Waals surface area (Å²) < 4.78 is 19.2. The molecule has 0 fully saturated rings. The summed E-state index contributed by atoms with van der Waals surface area (Å²) >= 11 is 0. The molecule has 1 aliphatic rings. The average Bonchev–Trinajstić information content (AvgIpc) is 2.69. The normalized spacial score (nSPS) is 16.5. The van der Waals surface area contributed by atoms with E-state index in [0.717, 1.165) is 26.6 Å². The van der Waals surface area contributed by atoms with Crippen LogP contribution >= 0.6 is 0 Å². The molecule has 0 saturated carbocycles. The van der Waals surface area contributed by atoms with Crippen LogP contribution in [0.2, 0.25) is 0 Å². The predicted molar refractivity (Wildman–Crippen MR) is 102 cm³/mol. The van der Waals surface area contributed by atoms with E-state index in [2.05, 4.69) is 0 Å². The molecule has 26 heavy (non-hydrogen) atoms. The highest BCUT2D eigenvalue weighted by Gasteiger charge is 2.22. The van der Waals surface area contributed by atoms with Gasteiger partial charge in [-0.25, -0.2) is 9.00 Å². The van der Waals surface area contributed by atoms with E-state index in [1.807, 2.05) is 66.7 Å². The van der Waals surface area contributed by atoms with Gasteiger partial charge in [0.15, 0.2) is 0 Å². The van der Waals surface area contributed by atoms with Gasteiger partial charge in [0.2, 0.25) is 0 Å². The van der Waals surface area contributed by atoms with Gasteiger partial charge in [-0.05, 0) is 34.5 Å². The van der Waals surface area contributed by atoms with E-state index in [4.69, 9.17) is 4.74 Å². The Morgan fingerprint density at radius 1 is 0.731 bits per heavy atom. The molecule has 0 bridgehead atoms. The molecule has 0 N–H and O–H groups in total.